The summed E-state index contributed by atoms with van der Waals surface area (Å²) in [6.45, 7) is 3.95. The van der Waals surface area contributed by atoms with E-state index in [2.05, 4.69) is 21.3 Å². The Hall–Kier alpha value is -4.13. The van der Waals surface area contributed by atoms with E-state index in [1.165, 1.54) is 0 Å². The summed E-state index contributed by atoms with van der Waals surface area (Å²) in [6.07, 6.45) is 4.89. The van der Waals surface area contributed by atoms with Crippen LogP contribution in [-0.2, 0) is 22.4 Å². The van der Waals surface area contributed by atoms with Crippen molar-refractivity contribution in [2.24, 2.45) is 0 Å². The molecule has 1 aliphatic heterocycles. The number of amides is 1. The lowest BCUT2D eigenvalue weighted by molar-refractivity contribution is -0.137. The second-order valence-corrected chi connectivity index (χ2v) is 9.74. The third-order valence-corrected chi connectivity index (χ3v) is 7.00. The number of carboxylic acids is 1. The maximum atomic E-state index is 13.4. The van der Waals surface area contributed by atoms with E-state index >= 15 is 0 Å². The summed E-state index contributed by atoms with van der Waals surface area (Å²) in [5, 5.41) is 13.3. The molecule has 5 rings (SSSR count). The summed E-state index contributed by atoms with van der Waals surface area (Å²) in [7, 11) is 0. The Kier molecular flexibility index (Phi) is 7.21. The molecule has 7 nitrogen and oxygen atoms in total. The van der Waals surface area contributed by atoms with Gasteiger partial charge in [0, 0.05) is 47.9 Å². The van der Waals surface area contributed by atoms with Crippen LogP contribution in [0.1, 0.15) is 53.3 Å². The minimum atomic E-state index is -0.823. The Morgan fingerprint density at radius 2 is 1.86 bits per heavy atom. The van der Waals surface area contributed by atoms with Crippen molar-refractivity contribution in [3.63, 3.8) is 0 Å². The molecular formula is C30H32N4O3. The number of carboxylic acid groups (broad SMARTS) is 1. The predicted octanol–water partition coefficient (Wildman–Crippen LogP) is 4.94. The summed E-state index contributed by atoms with van der Waals surface area (Å²) in [5.74, 6) is 0.0444. The van der Waals surface area contributed by atoms with E-state index in [4.69, 9.17) is 10.1 Å². The summed E-state index contributed by atoms with van der Waals surface area (Å²) < 4.78 is 0. The summed E-state index contributed by atoms with van der Waals surface area (Å²) >= 11 is 0. The highest BCUT2D eigenvalue weighted by atomic mass is 16.4. The minimum Gasteiger partial charge on any atom is -0.481 e. The van der Waals surface area contributed by atoms with Gasteiger partial charge in [0.1, 0.15) is 5.82 Å². The first-order valence-electron chi connectivity index (χ1n) is 12.9. The topological polar surface area (TPSA) is 98.3 Å². The van der Waals surface area contributed by atoms with Gasteiger partial charge in [-0.1, -0.05) is 42.5 Å². The van der Waals surface area contributed by atoms with Crippen molar-refractivity contribution >= 4 is 28.6 Å². The number of aromatic nitrogens is 2. The fourth-order valence-corrected chi connectivity index (χ4v) is 5.13. The maximum absolute atomic E-state index is 13.4. The highest BCUT2D eigenvalue weighted by molar-refractivity contribution is 5.86. The van der Waals surface area contributed by atoms with Crippen LogP contribution in [0.3, 0.4) is 0 Å². The number of aliphatic carboxylic acids is 1. The average Bonchev–Trinajstić information content (AvgIpc) is 3.57. The highest BCUT2D eigenvalue weighted by Gasteiger charge is 2.25. The van der Waals surface area contributed by atoms with E-state index < -0.39 is 5.97 Å². The fraction of sp³-hybridized carbons (Fsp3) is 0.300. The zero-order valence-electron chi connectivity index (χ0n) is 21.0. The smallest absolute Gasteiger partial charge is 0.303 e. The van der Waals surface area contributed by atoms with Crippen LogP contribution in [0.4, 0.5) is 5.82 Å². The highest BCUT2D eigenvalue weighted by Crippen LogP contribution is 2.32. The van der Waals surface area contributed by atoms with Gasteiger partial charge in [0.15, 0.2) is 0 Å². The van der Waals surface area contributed by atoms with Gasteiger partial charge < -0.3 is 20.3 Å². The van der Waals surface area contributed by atoms with Gasteiger partial charge >= 0.3 is 5.97 Å². The third-order valence-electron chi connectivity index (χ3n) is 7.00. The van der Waals surface area contributed by atoms with Crippen LogP contribution in [0, 0.1) is 6.92 Å². The van der Waals surface area contributed by atoms with Gasteiger partial charge in [-0.15, -0.1) is 0 Å². The van der Waals surface area contributed by atoms with Crippen LogP contribution in [-0.4, -0.2) is 40.0 Å². The molecule has 7 heteroatoms. The monoisotopic (exact) mass is 496 g/mol. The van der Waals surface area contributed by atoms with Crippen LogP contribution >= 0.6 is 0 Å². The fourth-order valence-electron chi connectivity index (χ4n) is 5.13. The molecular weight excluding hydrogens is 464 g/mol. The van der Waals surface area contributed by atoms with Gasteiger partial charge in [-0.3, -0.25) is 9.59 Å². The van der Waals surface area contributed by atoms with E-state index in [-0.39, 0.29) is 24.8 Å². The Labute approximate surface area is 216 Å². The molecule has 0 aliphatic carbocycles. The number of rotatable bonds is 9. The Bertz CT molecular complexity index is 1410. The largest absolute Gasteiger partial charge is 0.481 e. The molecule has 0 spiro atoms. The number of fused-ring (bicyclic) bond motifs is 1. The number of aromatic amines is 1. The average molecular weight is 497 g/mol. The molecule has 37 heavy (non-hydrogen) atoms. The first kappa shape index (κ1) is 24.6. The molecule has 3 N–H and O–H groups in total. The number of nitrogens with zero attached hydrogens (tertiary/aromatic N) is 2. The predicted molar refractivity (Wildman–Crippen MR) is 145 cm³/mol. The van der Waals surface area contributed by atoms with Crippen molar-refractivity contribution in [2.45, 2.75) is 45.1 Å². The number of aryl methyl sites for hydroxylation is 2. The van der Waals surface area contributed by atoms with Gasteiger partial charge in [0.2, 0.25) is 5.91 Å². The number of nitrogens with one attached hydrogen (secondary N) is 2. The van der Waals surface area contributed by atoms with Crippen molar-refractivity contribution < 1.29 is 14.7 Å². The molecule has 190 valence electrons. The van der Waals surface area contributed by atoms with E-state index in [0.29, 0.717) is 6.42 Å². The van der Waals surface area contributed by atoms with Gasteiger partial charge in [0.25, 0.3) is 0 Å². The number of carbonyl (C=O) groups excluding carboxylic acids is 1. The number of pyridine rings is 1. The third kappa shape index (κ3) is 5.66. The summed E-state index contributed by atoms with van der Waals surface area (Å²) in [5.41, 5.74) is 5.75. The zero-order valence-corrected chi connectivity index (χ0v) is 21.0. The van der Waals surface area contributed by atoms with Gasteiger partial charge in [-0.05, 0) is 61.1 Å². The number of benzene rings is 2. The summed E-state index contributed by atoms with van der Waals surface area (Å²) in [4.78, 5) is 34.9. The molecule has 1 amide bonds. The normalized spacial score (nSPS) is 14.1. The molecule has 0 saturated carbocycles. The first-order valence-corrected chi connectivity index (χ1v) is 12.9. The lowest BCUT2D eigenvalue weighted by atomic mass is 9.97. The molecule has 3 heterocycles. The molecule has 2 aromatic carbocycles. The SMILES string of the molecule is Cc1ccc(C(NC(=O)Cc2ccc3[nH]cc(CCC(=O)O)c3c2)c2ccccc2)c(N2CCCC2)n1. The van der Waals surface area contributed by atoms with Crippen molar-refractivity contribution in [1.29, 1.82) is 0 Å². The van der Waals surface area contributed by atoms with Gasteiger partial charge in [-0.2, -0.15) is 0 Å². The first-order chi connectivity index (χ1) is 18.0. The molecule has 1 atom stereocenters. The molecule has 0 bridgehead atoms. The lowest BCUT2D eigenvalue weighted by Crippen LogP contribution is -2.32. The van der Waals surface area contributed by atoms with Crippen LogP contribution in [0.25, 0.3) is 10.9 Å². The second kappa shape index (κ2) is 10.9. The van der Waals surface area contributed by atoms with Crippen molar-refractivity contribution in [1.82, 2.24) is 15.3 Å². The number of hydrogen-bond acceptors (Lipinski definition) is 4. The van der Waals surface area contributed by atoms with Gasteiger partial charge in [-0.25, -0.2) is 4.98 Å². The summed E-state index contributed by atoms with van der Waals surface area (Å²) in [6, 6.07) is 19.7. The Morgan fingerprint density at radius 1 is 1.08 bits per heavy atom. The number of hydrogen-bond donors (Lipinski definition) is 3. The maximum Gasteiger partial charge on any atom is 0.303 e. The molecule has 4 aromatic rings. The molecule has 1 fully saturated rings. The van der Waals surface area contributed by atoms with Crippen LogP contribution in [0.2, 0.25) is 0 Å². The molecule has 2 aromatic heterocycles. The van der Waals surface area contributed by atoms with Crippen LogP contribution in [0.15, 0.2) is 66.9 Å². The van der Waals surface area contributed by atoms with E-state index in [1.54, 1.807) is 0 Å². The standard InChI is InChI=1S/C30H32N4O3/c1-20-9-12-24(30(32-20)34-15-5-6-16-34)29(22-7-3-2-4-8-22)33-27(35)18-21-10-13-26-25(17-21)23(19-31-26)11-14-28(36)37/h2-4,7-10,12-13,17,19,29,31H,5-6,11,14-16,18H2,1H3,(H,33,35)(H,36,37). The van der Waals surface area contributed by atoms with Crippen LogP contribution in [0.5, 0.6) is 0 Å². The molecule has 1 aliphatic rings. The quantitative estimate of drug-likeness (QED) is 0.305. The number of carbonyl (C=O) groups is 2. The van der Waals surface area contributed by atoms with E-state index in [1.807, 2.05) is 67.7 Å². The van der Waals surface area contributed by atoms with E-state index in [9.17, 15) is 9.59 Å². The molecule has 0 radical (unpaired) electrons. The number of anilines is 1. The van der Waals surface area contributed by atoms with Crippen molar-refractivity contribution in [3.8, 4) is 0 Å². The Balaban J connectivity index is 1.42. The van der Waals surface area contributed by atoms with Crippen molar-refractivity contribution in [2.75, 3.05) is 18.0 Å². The minimum absolute atomic E-state index is 0.0698. The number of H-pyrrole nitrogens is 1. The second-order valence-electron chi connectivity index (χ2n) is 9.74. The van der Waals surface area contributed by atoms with E-state index in [0.717, 1.165) is 70.6 Å². The molecule has 1 unspecified atom stereocenters. The lowest BCUT2D eigenvalue weighted by Gasteiger charge is -2.26. The Morgan fingerprint density at radius 3 is 2.62 bits per heavy atom. The van der Waals surface area contributed by atoms with Crippen molar-refractivity contribution in [3.05, 3.63) is 94.8 Å². The molecule has 1 saturated heterocycles. The van der Waals surface area contributed by atoms with Crippen LogP contribution < -0.4 is 10.2 Å². The zero-order chi connectivity index (χ0) is 25.8. The van der Waals surface area contributed by atoms with Gasteiger partial charge in [0.05, 0.1) is 12.5 Å².